The van der Waals surface area contributed by atoms with Gasteiger partial charge in [0.25, 0.3) is 5.91 Å². The molecule has 36 heavy (non-hydrogen) atoms. The van der Waals surface area contributed by atoms with E-state index in [4.69, 9.17) is 9.47 Å². The Balaban J connectivity index is 1.55. The molecule has 13 heteroatoms. The van der Waals surface area contributed by atoms with Gasteiger partial charge in [-0.3, -0.25) is 4.79 Å². The molecule has 1 aromatic carbocycles. The molecule has 2 aliphatic heterocycles. The Hall–Kier alpha value is -3.19. The lowest BCUT2D eigenvalue weighted by Gasteiger charge is -2.27. The number of carbonyl (C=O) groups excluding carboxylic acids is 1. The van der Waals surface area contributed by atoms with Gasteiger partial charge >= 0.3 is 0 Å². The van der Waals surface area contributed by atoms with Crippen LogP contribution in [0.5, 0.6) is 11.5 Å². The number of ether oxygens (including phenoxy) is 2. The molecule has 3 radical (unpaired) electrons. The van der Waals surface area contributed by atoms with Crippen molar-refractivity contribution in [1.29, 1.82) is 0 Å². The Morgan fingerprint density at radius 1 is 1.28 bits per heavy atom. The molecule has 0 bridgehead atoms. The second-order valence-corrected chi connectivity index (χ2v) is 13.2. The molecule has 0 saturated carbocycles. The van der Waals surface area contributed by atoms with Crippen LogP contribution in [0.3, 0.4) is 0 Å². The van der Waals surface area contributed by atoms with Gasteiger partial charge in [0.1, 0.15) is 11.1 Å². The molecular weight excluding hydrogens is 510 g/mol. The zero-order chi connectivity index (χ0) is 26.0. The average molecular weight is 534 g/mol. The van der Waals surface area contributed by atoms with Gasteiger partial charge in [-0.2, -0.15) is 5.10 Å². The maximum Gasteiger partial charge on any atom is 0.268 e. The van der Waals surface area contributed by atoms with Gasteiger partial charge in [0.05, 0.1) is 38.3 Å². The first-order valence-electron chi connectivity index (χ1n) is 11.1. The lowest BCUT2D eigenvalue weighted by molar-refractivity contribution is 0.0982. The van der Waals surface area contributed by atoms with E-state index in [1.54, 1.807) is 23.2 Å². The molecule has 1 saturated heterocycles. The van der Waals surface area contributed by atoms with Gasteiger partial charge < -0.3 is 14.4 Å². The van der Waals surface area contributed by atoms with Crippen molar-refractivity contribution in [3.05, 3.63) is 53.6 Å². The topological polar surface area (TPSA) is 102 Å². The molecule has 189 valence electrons. The van der Waals surface area contributed by atoms with Crippen molar-refractivity contribution in [2.45, 2.75) is 43.3 Å². The fraction of sp³-hybridized carbons (Fsp3) is 0.391. The van der Waals surface area contributed by atoms with Gasteiger partial charge in [-0.25, -0.2) is 26.4 Å². The number of rotatable bonds is 4. The zero-order valence-electron chi connectivity index (χ0n) is 19.7. The average Bonchev–Trinajstić information content (AvgIpc) is 3.47. The summed E-state index contributed by atoms with van der Waals surface area (Å²) >= 11 is 0. The molecule has 9 nitrogen and oxygen atoms in total. The Morgan fingerprint density at radius 3 is 2.75 bits per heavy atom. The fourth-order valence-electron chi connectivity index (χ4n) is 4.31. The van der Waals surface area contributed by atoms with Gasteiger partial charge in [-0.1, -0.05) is 0 Å². The zero-order valence-corrected chi connectivity index (χ0v) is 21.5. The van der Waals surface area contributed by atoms with Crippen LogP contribution in [0.4, 0.5) is 14.5 Å². The number of alkyl halides is 1. The van der Waals surface area contributed by atoms with Crippen LogP contribution < -0.4 is 19.1 Å². The van der Waals surface area contributed by atoms with Gasteiger partial charge in [-0.05, 0) is 39.0 Å². The number of fused-ring (bicyclic) bond motifs is 2. The Bertz CT molecular complexity index is 1490. The number of hydrogen-bond acceptors (Lipinski definition) is 7. The minimum absolute atomic E-state index is 0.00917. The number of carbonyl (C=O) groups is 1. The molecule has 3 aromatic rings. The van der Waals surface area contributed by atoms with E-state index in [0.717, 1.165) is 0 Å². The summed E-state index contributed by atoms with van der Waals surface area (Å²) in [5.74, 6) is -0.762. The highest BCUT2D eigenvalue weighted by atomic mass is 32.2. The summed E-state index contributed by atoms with van der Waals surface area (Å²) < 4.78 is 67.8. The Labute approximate surface area is 209 Å². The van der Waals surface area contributed by atoms with Crippen molar-refractivity contribution in [3.8, 4) is 11.5 Å². The fourth-order valence-corrected chi connectivity index (χ4v) is 5.34. The molecule has 2 aromatic heterocycles. The number of aromatic nitrogens is 2. The largest absolute Gasteiger partial charge is 0.453 e. The number of nitrogens with zero attached hydrogens (tertiary/aromatic N) is 3. The van der Waals surface area contributed by atoms with Gasteiger partial charge in [0.2, 0.25) is 16.8 Å². The number of hydrogen-bond donors (Lipinski definition) is 1. The molecular formula is C23H23F2N4O5SSi. The quantitative estimate of drug-likeness (QED) is 0.515. The molecule has 2 atom stereocenters. The first-order chi connectivity index (χ1) is 16.8. The van der Waals surface area contributed by atoms with Gasteiger partial charge in [0, 0.05) is 36.5 Å². The van der Waals surface area contributed by atoms with Crippen molar-refractivity contribution in [2.75, 3.05) is 18.2 Å². The summed E-state index contributed by atoms with van der Waals surface area (Å²) in [6.45, 7) is 4.29. The monoisotopic (exact) mass is 533 g/mol. The van der Waals surface area contributed by atoms with Crippen molar-refractivity contribution >= 4 is 37.4 Å². The number of halogens is 2. The van der Waals surface area contributed by atoms with E-state index in [1.165, 1.54) is 43.6 Å². The normalized spacial score (nSPS) is 21.8. The highest BCUT2D eigenvalue weighted by molar-refractivity contribution is 7.91. The molecule has 1 fully saturated rings. The van der Waals surface area contributed by atoms with E-state index in [9.17, 15) is 17.6 Å². The summed E-state index contributed by atoms with van der Waals surface area (Å²) in [7, 11) is -0.765. The van der Waals surface area contributed by atoms with Crippen LogP contribution in [0.25, 0.3) is 5.52 Å². The minimum atomic E-state index is -3.95. The minimum Gasteiger partial charge on any atom is -0.453 e. The van der Waals surface area contributed by atoms with E-state index in [1.807, 2.05) is 0 Å². The second-order valence-electron chi connectivity index (χ2n) is 9.86. The lowest BCUT2D eigenvalue weighted by atomic mass is 10.0. The first kappa shape index (κ1) is 24.5. The predicted molar refractivity (Wildman–Crippen MR) is 128 cm³/mol. The summed E-state index contributed by atoms with van der Waals surface area (Å²) in [4.78, 5) is 14.6. The highest BCUT2D eigenvalue weighted by Crippen LogP contribution is 2.48. The molecule has 0 aliphatic carbocycles. The summed E-state index contributed by atoms with van der Waals surface area (Å²) in [6.07, 6.45) is 2.84. The van der Waals surface area contributed by atoms with Crippen LogP contribution in [-0.2, 0) is 10.0 Å². The van der Waals surface area contributed by atoms with E-state index >= 15 is 4.39 Å². The standard InChI is InChI=1S/C23H23F2N4O5SSi/c1-22(2,3)35(31,32)27-21(30)16-10-26-29-5-4-14(8-17(16)29)28-11-23(25,36)9-18(28)15-6-13(24)7-19-20(15)34-12-33-19/h4-8,10,18H,9,11-12H2,1-3H3,(H,27,30)/t18-,23-/m1/s1. The van der Waals surface area contributed by atoms with Crippen LogP contribution in [0.1, 0.15) is 49.2 Å². The SMILES string of the molecule is CC(C)(C)S(=O)(=O)NC(=O)c1cnn2ccc(N3C[C@](F)([Si])C[C@@H]3c3cc(F)cc4c3OCO4)cc12. The van der Waals surface area contributed by atoms with Crippen molar-refractivity contribution < 1.29 is 31.5 Å². The number of amides is 1. The van der Waals surface area contributed by atoms with E-state index in [2.05, 4.69) is 20.1 Å². The van der Waals surface area contributed by atoms with Crippen LogP contribution in [0.2, 0.25) is 0 Å². The van der Waals surface area contributed by atoms with E-state index in [-0.39, 0.29) is 31.1 Å². The Morgan fingerprint density at radius 2 is 2.03 bits per heavy atom. The smallest absolute Gasteiger partial charge is 0.268 e. The maximum absolute atomic E-state index is 15.3. The number of nitrogens with one attached hydrogen (secondary N) is 1. The maximum atomic E-state index is 15.3. The summed E-state index contributed by atoms with van der Waals surface area (Å²) in [5, 5.41) is 2.36. The van der Waals surface area contributed by atoms with Crippen LogP contribution in [0, 0.1) is 5.82 Å². The predicted octanol–water partition coefficient (Wildman–Crippen LogP) is 2.85. The molecule has 4 heterocycles. The van der Waals surface area contributed by atoms with E-state index in [0.29, 0.717) is 22.5 Å². The third kappa shape index (κ3) is 4.19. The van der Waals surface area contributed by atoms with Crippen LogP contribution in [0.15, 0.2) is 36.7 Å². The second kappa shape index (κ2) is 8.16. The molecule has 0 unspecified atom stereocenters. The highest BCUT2D eigenvalue weighted by Gasteiger charge is 2.44. The molecule has 0 spiro atoms. The summed E-state index contributed by atoms with van der Waals surface area (Å²) in [5.41, 5.74) is 1.31. The number of benzene rings is 1. The van der Waals surface area contributed by atoms with Crippen molar-refractivity contribution in [2.24, 2.45) is 0 Å². The van der Waals surface area contributed by atoms with Gasteiger partial charge in [-0.15, -0.1) is 0 Å². The number of pyridine rings is 1. The van der Waals surface area contributed by atoms with Gasteiger partial charge in [0.15, 0.2) is 11.5 Å². The lowest BCUT2D eigenvalue weighted by Crippen LogP contribution is -2.42. The molecule has 1 N–H and O–H groups in total. The Kier molecular flexibility index (Phi) is 5.56. The molecule has 2 aliphatic rings. The van der Waals surface area contributed by atoms with Crippen molar-refractivity contribution in [1.82, 2.24) is 14.3 Å². The number of sulfonamides is 1. The number of anilines is 1. The van der Waals surface area contributed by atoms with Crippen LogP contribution >= 0.6 is 0 Å². The van der Waals surface area contributed by atoms with Crippen LogP contribution in [-0.4, -0.2) is 57.6 Å². The first-order valence-corrected chi connectivity index (χ1v) is 13.1. The molecule has 5 rings (SSSR count). The van der Waals surface area contributed by atoms with Crippen molar-refractivity contribution in [3.63, 3.8) is 0 Å². The summed E-state index contributed by atoms with van der Waals surface area (Å²) in [6, 6.07) is 5.19. The molecule has 1 amide bonds. The van der Waals surface area contributed by atoms with E-state index < -0.39 is 37.8 Å². The third-order valence-corrected chi connectivity index (χ3v) is 8.68. The third-order valence-electron chi connectivity index (χ3n) is 6.25.